The van der Waals surface area contributed by atoms with Crippen molar-refractivity contribution in [2.75, 3.05) is 5.73 Å². The average molecular weight is 224 g/mol. The fourth-order valence-corrected chi connectivity index (χ4v) is 1.60. The molecule has 0 saturated carbocycles. The lowest BCUT2D eigenvalue weighted by atomic mass is 9.99. The molecule has 0 unspecified atom stereocenters. The van der Waals surface area contributed by atoms with Gasteiger partial charge in [0, 0.05) is 7.05 Å². The first-order valence-electron chi connectivity index (χ1n) is 5.06. The SMILES string of the molecule is CC(C)Cc1cc(N)n(C)c(=O)c1C(=O)O. The van der Waals surface area contributed by atoms with Crippen LogP contribution in [0, 0.1) is 5.92 Å². The number of anilines is 1. The smallest absolute Gasteiger partial charge is 0.341 e. The highest BCUT2D eigenvalue weighted by Gasteiger charge is 2.18. The Morgan fingerprint density at radius 1 is 1.56 bits per heavy atom. The Morgan fingerprint density at radius 2 is 2.12 bits per heavy atom. The topological polar surface area (TPSA) is 85.3 Å². The fraction of sp³-hybridized carbons (Fsp3) is 0.455. The van der Waals surface area contributed by atoms with Gasteiger partial charge in [-0.1, -0.05) is 13.8 Å². The summed E-state index contributed by atoms with van der Waals surface area (Å²) in [5.74, 6) is -0.647. The van der Waals surface area contributed by atoms with Crippen molar-refractivity contribution in [3.8, 4) is 0 Å². The van der Waals surface area contributed by atoms with E-state index in [1.807, 2.05) is 13.8 Å². The van der Waals surface area contributed by atoms with Crippen LogP contribution < -0.4 is 11.3 Å². The summed E-state index contributed by atoms with van der Waals surface area (Å²) in [6.07, 6.45) is 0.530. The van der Waals surface area contributed by atoms with E-state index in [2.05, 4.69) is 0 Å². The van der Waals surface area contributed by atoms with Crippen LogP contribution in [-0.2, 0) is 13.5 Å². The number of rotatable bonds is 3. The van der Waals surface area contributed by atoms with Gasteiger partial charge in [0.1, 0.15) is 11.4 Å². The Hall–Kier alpha value is -1.78. The first-order chi connectivity index (χ1) is 7.34. The second-order valence-electron chi connectivity index (χ2n) is 4.24. The minimum absolute atomic E-state index is 0.176. The van der Waals surface area contributed by atoms with Gasteiger partial charge in [-0.3, -0.25) is 9.36 Å². The van der Waals surface area contributed by atoms with Gasteiger partial charge in [-0.2, -0.15) is 0 Å². The summed E-state index contributed by atoms with van der Waals surface area (Å²) >= 11 is 0. The van der Waals surface area contributed by atoms with E-state index in [1.165, 1.54) is 7.05 Å². The molecule has 0 atom stereocenters. The van der Waals surface area contributed by atoms with Gasteiger partial charge in [-0.05, 0) is 24.0 Å². The second-order valence-corrected chi connectivity index (χ2v) is 4.24. The third-order valence-corrected chi connectivity index (χ3v) is 2.39. The molecule has 0 radical (unpaired) electrons. The Bertz CT molecular complexity index is 475. The molecule has 16 heavy (non-hydrogen) atoms. The number of carbonyl (C=O) groups is 1. The molecule has 1 aromatic rings. The van der Waals surface area contributed by atoms with Gasteiger partial charge < -0.3 is 10.8 Å². The van der Waals surface area contributed by atoms with Crippen LogP contribution in [0.15, 0.2) is 10.9 Å². The minimum Gasteiger partial charge on any atom is -0.477 e. The van der Waals surface area contributed by atoms with Crippen LogP contribution in [0.25, 0.3) is 0 Å². The van der Waals surface area contributed by atoms with Gasteiger partial charge in [0.25, 0.3) is 5.56 Å². The Morgan fingerprint density at radius 3 is 2.56 bits per heavy atom. The van der Waals surface area contributed by atoms with E-state index in [0.29, 0.717) is 12.0 Å². The molecule has 88 valence electrons. The first-order valence-corrected chi connectivity index (χ1v) is 5.06. The summed E-state index contributed by atoms with van der Waals surface area (Å²) in [6, 6.07) is 1.56. The van der Waals surface area contributed by atoms with Crippen LogP contribution in [-0.4, -0.2) is 15.6 Å². The quantitative estimate of drug-likeness (QED) is 0.797. The normalized spacial score (nSPS) is 10.8. The van der Waals surface area contributed by atoms with Crippen LogP contribution in [0.2, 0.25) is 0 Å². The molecule has 1 aromatic heterocycles. The summed E-state index contributed by atoms with van der Waals surface area (Å²) in [5, 5.41) is 9.02. The number of nitrogens with zero attached hydrogens (tertiary/aromatic N) is 1. The van der Waals surface area contributed by atoms with Gasteiger partial charge >= 0.3 is 5.97 Å². The molecule has 0 amide bonds. The lowest BCUT2D eigenvalue weighted by Gasteiger charge is -2.12. The van der Waals surface area contributed by atoms with Crippen molar-refractivity contribution in [2.24, 2.45) is 13.0 Å². The van der Waals surface area contributed by atoms with E-state index in [0.717, 1.165) is 4.57 Å². The van der Waals surface area contributed by atoms with Crippen LogP contribution in [0.5, 0.6) is 0 Å². The number of aromatic nitrogens is 1. The Kier molecular flexibility index (Phi) is 3.37. The maximum atomic E-state index is 11.7. The van der Waals surface area contributed by atoms with E-state index in [1.54, 1.807) is 6.07 Å². The molecule has 0 aromatic carbocycles. The molecule has 5 nitrogen and oxygen atoms in total. The molecule has 0 saturated heterocycles. The number of nitrogens with two attached hydrogens (primary N) is 1. The molecule has 0 aliphatic heterocycles. The van der Waals surface area contributed by atoms with Crippen molar-refractivity contribution in [2.45, 2.75) is 20.3 Å². The number of hydrogen-bond donors (Lipinski definition) is 2. The Labute approximate surface area is 93.5 Å². The first kappa shape index (κ1) is 12.3. The van der Waals surface area contributed by atoms with Crippen molar-refractivity contribution < 1.29 is 9.90 Å². The molecule has 3 N–H and O–H groups in total. The van der Waals surface area contributed by atoms with Crippen molar-refractivity contribution >= 4 is 11.8 Å². The van der Waals surface area contributed by atoms with Crippen LogP contribution in [0.4, 0.5) is 5.82 Å². The number of aromatic carboxylic acids is 1. The van der Waals surface area contributed by atoms with Gasteiger partial charge in [0.05, 0.1) is 0 Å². The van der Waals surface area contributed by atoms with Crippen molar-refractivity contribution in [3.05, 3.63) is 27.5 Å². The fourth-order valence-electron chi connectivity index (χ4n) is 1.60. The third-order valence-electron chi connectivity index (χ3n) is 2.39. The molecule has 0 bridgehead atoms. The maximum Gasteiger partial charge on any atom is 0.341 e. The third kappa shape index (κ3) is 2.24. The highest BCUT2D eigenvalue weighted by atomic mass is 16.4. The van der Waals surface area contributed by atoms with Crippen LogP contribution in [0.3, 0.4) is 0 Å². The van der Waals surface area contributed by atoms with Crippen molar-refractivity contribution in [1.29, 1.82) is 0 Å². The van der Waals surface area contributed by atoms with E-state index in [9.17, 15) is 9.59 Å². The highest BCUT2D eigenvalue weighted by molar-refractivity contribution is 5.89. The monoisotopic (exact) mass is 224 g/mol. The minimum atomic E-state index is -1.20. The number of hydrogen-bond acceptors (Lipinski definition) is 3. The zero-order chi connectivity index (χ0) is 12.5. The standard InChI is InChI=1S/C11H16N2O3/c1-6(2)4-7-5-8(12)13(3)10(14)9(7)11(15)16/h5-6H,4,12H2,1-3H3,(H,15,16). The number of pyridine rings is 1. The zero-order valence-electron chi connectivity index (χ0n) is 9.65. The predicted octanol–water partition coefficient (Wildman–Crippen LogP) is 0.864. The van der Waals surface area contributed by atoms with E-state index in [4.69, 9.17) is 10.8 Å². The van der Waals surface area contributed by atoms with Crippen molar-refractivity contribution in [1.82, 2.24) is 4.57 Å². The predicted molar refractivity (Wildman–Crippen MR) is 61.6 cm³/mol. The lowest BCUT2D eigenvalue weighted by molar-refractivity contribution is 0.0693. The van der Waals surface area contributed by atoms with Crippen LogP contribution >= 0.6 is 0 Å². The Balaban J connectivity index is 3.47. The molecule has 0 spiro atoms. The lowest BCUT2D eigenvalue weighted by Crippen LogP contribution is -2.28. The largest absolute Gasteiger partial charge is 0.477 e. The summed E-state index contributed by atoms with van der Waals surface area (Å²) in [5.41, 5.74) is 5.41. The average Bonchev–Trinajstić information content (AvgIpc) is 2.12. The molecule has 1 heterocycles. The van der Waals surface area contributed by atoms with Crippen molar-refractivity contribution in [3.63, 3.8) is 0 Å². The summed E-state index contributed by atoms with van der Waals surface area (Å²) in [7, 11) is 1.46. The maximum absolute atomic E-state index is 11.7. The molecular weight excluding hydrogens is 208 g/mol. The molecule has 0 aliphatic carbocycles. The highest BCUT2D eigenvalue weighted by Crippen LogP contribution is 2.14. The summed E-state index contributed by atoms with van der Waals surface area (Å²) in [4.78, 5) is 22.8. The molecule has 0 fully saturated rings. The zero-order valence-corrected chi connectivity index (χ0v) is 9.65. The summed E-state index contributed by atoms with van der Waals surface area (Å²) < 4.78 is 1.15. The van der Waals surface area contributed by atoms with Gasteiger partial charge in [0.2, 0.25) is 0 Å². The second kappa shape index (κ2) is 4.38. The van der Waals surface area contributed by atoms with Gasteiger partial charge in [0.15, 0.2) is 0 Å². The number of carboxylic acids is 1. The van der Waals surface area contributed by atoms with Gasteiger partial charge in [-0.25, -0.2) is 4.79 Å². The molecular formula is C11H16N2O3. The molecule has 5 heteroatoms. The number of nitrogen functional groups attached to an aromatic ring is 1. The van der Waals surface area contributed by atoms with E-state index < -0.39 is 11.5 Å². The molecule has 0 aliphatic rings. The number of carboxylic acid groups (broad SMARTS) is 1. The summed E-state index contributed by atoms with van der Waals surface area (Å²) in [6.45, 7) is 3.92. The van der Waals surface area contributed by atoms with Gasteiger partial charge in [-0.15, -0.1) is 0 Å². The van der Waals surface area contributed by atoms with Crippen LogP contribution in [0.1, 0.15) is 29.8 Å². The van der Waals surface area contributed by atoms with E-state index in [-0.39, 0.29) is 17.3 Å². The molecule has 1 rings (SSSR count). The van der Waals surface area contributed by atoms with E-state index >= 15 is 0 Å².